The smallest absolute Gasteiger partial charge is 0.243 e. The highest BCUT2D eigenvalue weighted by Crippen LogP contribution is 2.27. The second-order valence-electron chi connectivity index (χ2n) is 5.42. The van der Waals surface area contributed by atoms with E-state index in [2.05, 4.69) is 5.10 Å². The molecule has 0 radical (unpaired) electrons. The molecule has 0 bridgehead atoms. The number of benzene rings is 1. The van der Waals surface area contributed by atoms with Crippen LogP contribution in [0, 0.1) is 11.3 Å². The molecule has 1 aliphatic rings. The van der Waals surface area contributed by atoms with Gasteiger partial charge < -0.3 is 4.74 Å². The summed E-state index contributed by atoms with van der Waals surface area (Å²) >= 11 is 5.88. The van der Waals surface area contributed by atoms with E-state index >= 15 is 0 Å². The topological polar surface area (TPSA) is 88.2 Å². The monoisotopic (exact) mass is 366 g/mol. The summed E-state index contributed by atoms with van der Waals surface area (Å²) in [5, 5.41) is 13.4. The van der Waals surface area contributed by atoms with Crippen LogP contribution in [0.2, 0.25) is 5.02 Å². The van der Waals surface area contributed by atoms with Crippen LogP contribution in [0.1, 0.15) is 17.2 Å². The van der Waals surface area contributed by atoms with Gasteiger partial charge in [0.2, 0.25) is 10.0 Å². The standard InChI is InChI=1S/C15H15ClN4O3S/c1-19-9-12(8-18-19)15-10-20(4-5-23-15)24(21,22)13-2-3-14(16)11(6-13)7-17/h2-3,6,8-9,15H,4-5,10H2,1H3/t15-/m0/s1. The van der Waals surface area contributed by atoms with Crippen LogP contribution in [0.25, 0.3) is 0 Å². The second kappa shape index (κ2) is 6.53. The molecule has 126 valence electrons. The molecular formula is C15H15ClN4O3S. The maximum atomic E-state index is 12.8. The molecule has 1 aromatic carbocycles. The van der Waals surface area contributed by atoms with E-state index in [9.17, 15) is 8.42 Å². The average molecular weight is 367 g/mol. The summed E-state index contributed by atoms with van der Waals surface area (Å²) in [6.07, 6.45) is 3.10. The lowest BCUT2D eigenvalue weighted by molar-refractivity contribution is -0.00259. The molecule has 0 spiro atoms. The molecule has 0 N–H and O–H groups in total. The molecule has 3 rings (SSSR count). The highest BCUT2D eigenvalue weighted by molar-refractivity contribution is 7.89. The van der Waals surface area contributed by atoms with Crippen LogP contribution in [-0.2, 0) is 21.8 Å². The summed E-state index contributed by atoms with van der Waals surface area (Å²) in [4.78, 5) is 0.0512. The van der Waals surface area contributed by atoms with E-state index in [1.807, 2.05) is 6.07 Å². The summed E-state index contributed by atoms with van der Waals surface area (Å²) in [5.41, 5.74) is 0.959. The largest absolute Gasteiger partial charge is 0.371 e. The maximum Gasteiger partial charge on any atom is 0.243 e. The Morgan fingerprint density at radius 3 is 2.92 bits per heavy atom. The fourth-order valence-electron chi connectivity index (χ4n) is 2.55. The first-order valence-electron chi connectivity index (χ1n) is 7.22. The van der Waals surface area contributed by atoms with Gasteiger partial charge in [-0.25, -0.2) is 8.42 Å². The van der Waals surface area contributed by atoms with Crippen molar-refractivity contribution in [3.63, 3.8) is 0 Å². The summed E-state index contributed by atoms with van der Waals surface area (Å²) in [5.74, 6) is 0. The molecule has 7 nitrogen and oxygen atoms in total. The van der Waals surface area contributed by atoms with Gasteiger partial charge in [0.25, 0.3) is 0 Å². The molecule has 2 heterocycles. The van der Waals surface area contributed by atoms with Gasteiger partial charge in [-0.2, -0.15) is 14.7 Å². The molecule has 0 amide bonds. The van der Waals surface area contributed by atoms with E-state index in [1.54, 1.807) is 24.1 Å². The van der Waals surface area contributed by atoms with Gasteiger partial charge in [-0.15, -0.1) is 0 Å². The first kappa shape index (κ1) is 16.9. The number of hydrogen-bond acceptors (Lipinski definition) is 5. The minimum absolute atomic E-state index is 0.0512. The summed E-state index contributed by atoms with van der Waals surface area (Å²) in [6, 6.07) is 6.03. The highest BCUT2D eigenvalue weighted by Gasteiger charge is 2.32. The van der Waals surface area contributed by atoms with E-state index in [4.69, 9.17) is 21.6 Å². The van der Waals surface area contributed by atoms with Crippen molar-refractivity contribution in [3.05, 3.63) is 46.7 Å². The molecule has 24 heavy (non-hydrogen) atoms. The van der Waals surface area contributed by atoms with Gasteiger partial charge in [0.15, 0.2) is 0 Å². The lowest BCUT2D eigenvalue weighted by atomic mass is 10.2. The van der Waals surface area contributed by atoms with Gasteiger partial charge in [0.05, 0.1) is 34.4 Å². The molecular weight excluding hydrogens is 352 g/mol. The third kappa shape index (κ3) is 3.16. The van der Waals surface area contributed by atoms with E-state index in [0.717, 1.165) is 5.56 Å². The molecule has 0 unspecified atom stereocenters. The fourth-order valence-corrected chi connectivity index (χ4v) is 4.16. The fraction of sp³-hybridized carbons (Fsp3) is 0.333. The zero-order chi connectivity index (χ0) is 17.3. The molecule has 1 saturated heterocycles. The Balaban J connectivity index is 1.88. The number of aryl methyl sites for hydroxylation is 1. The van der Waals surface area contributed by atoms with Crippen LogP contribution in [0.5, 0.6) is 0 Å². The van der Waals surface area contributed by atoms with Crippen LogP contribution < -0.4 is 0 Å². The number of hydrogen-bond donors (Lipinski definition) is 0. The Morgan fingerprint density at radius 1 is 1.46 bits per heavy atom. The van der Waals surface area contributed by atoms with Crippen LogP contribution in [-0.4, -0.2) is 42.2 Å². The van der Waals surface area contributed by atoms with Crippen molar-refractivity contribution >= 4 is 21.6 Å². The number of morpholine rings is 1. The van der Waals surface area contributed by atoms with Crippen molar-refractivity contribution < 1.29 is 13.2 Å². The SMILES string of the molecule is Cn1cc([C@@H]2CN(S(=O)(=O)c3ccc(Cl)c(C#N)c3)CCO2)cn1. The lowest BCUT2D eigenvalue weighted by Crippen LogP contribution is -2.42. The molecule has 0 aliphatic carbocycles. The first-order valence-corrected chi connectivity index (χ1v) is 9.03. The normalized spacial score (nSPS) is 19.1. The van der Waals surface area contributed by atoms with Gasteiger partial charge in [0, 0.05) is 31.9 Å². The Kier molecular flexibility index (Phi) is 4.60. The number of aromatic nitrogens is 2. The van der Waals surface area contributed by atoms with Crippen LogP contribution in [0.3, 0.4) is 0 Å². The highest BCUT2D eigenvalue weighted by atomic mass is 35.5. The molecule has 1 aliphatic heterocycles. The van der Waals surface area contributed by atoms with Gasteiger partial charge in [-0.05, 0) is 18.2 Å². The number of rotatable bonds is 3. The molecule has 1 aromatic heterocycles. The third-order valence-corrected chi connectivity index (χ3v) is 6.01. The van der Waals surface area contributed by atoms with Crippen molar-refractivity contribution in [2.24, 2.45) is 7.05 Å². The number of nitrogens with zero attached hydrogens (tertiary/aromatic N) is 4. The number of ether oxygens (including phenoxy) is 1. The quantitative estimate of drug-likeness (QED) is 0.825. The minimum atomic E-state index is -3.73. The number of halogens is 1. The number of sulfonamides is 1. The maximum absolute atomic E-state index is 12.8. The van der Waals surface area contributed by atoms with Crippen LogP contribution >= 0.6 is 11.6 Å². The van der Waals surface area contributed by atoms with Crippen molar-refractivity contribution in [2.45, 2.75) is 11.0 Å². The lowest BCUT2D eigenvalue weighted by Gasteiger charge is -2.31. The van der Waals surface area contributed by atoms with Crippen LogP contribution in [0.15, 0.2) is 35.5 Å². The van der Waals surface area contributed by atoms with Crippen molar-refractivity contribution in [1.82, 2.24) is 14.1 Å². The molecule has 1 atom stereocenters. The summed E-state index contributed by atoms with van der Waals surface area (Å²) in [7, 11) is -1.94. The zero-order valence-corrected chi connectivity index (χ0v) is 14.5. The predicted octanol–water partition coefficient (Wildman–Crippen LogP) is 1.71. The second-order valence-corrected chi connectivity index (χ2v) is 7.77. The zero-order valence-electron chi connectivity index (χ0n) is 12.9. The Morgan fingerprint density at radius 2 is 2.25 bits per heavy atom. The summed E-state index contributed by atoms with van der Waals surface area (Å²) < 4.78 is 34.4. The van der Waals surface area contributed by atoms with E-state index in [1.165, 1.54) is 22.5 Å². The third-order valence-electron chi connectivity index (χ3n) is 3.82. The molecule has 9 heteroatoms. The Bertz CT molecular complexity index is 904. The predicted molar refractivity (Wildman–Crippen MR) is 86.8 cm³/mol. The van der Waals surface area contributed by atoms with Gasteiger partial charge in [-0.1, -0.05) is 11.6 Å². The van der Waals surface area contributed by atoms with Crippen LogP contribution in [0.4, 0.5) is 0 Å². The first-order chi connectivity index (χ1) is 11.4. The summed E-state index contributed by atoms with van der Waals surface area (Å²) in [6.45, 7) is 0.736. The van der Waals surface area contributed by atoms with Crippen molar-refractivity contribution in [2.75, 3.05) is 19.7 Å². The van der Waals surface area contributed by atoms with Crippen molar-refractivity contribution in [3.8, 4) is 6.07 Å². The molecule has 1 fully saturated rings. The molecule has 2 aromatic rings. The van der Waals surface area contributed by atoms with Crippen molar-refractivity contribution in [1.29, 1.82) is 5.26 Å². The van der Waals surface area contributed by atoms with Gasteiger partial charge in [-0.3, -0.25) is 4.68 Å². The van der Waals surface area contributed by atoms with E-state index in [-0.39, 0.29) is 41.3 Å². The Hall–Kier alpha value is -1.92. The number of nitriles is 1. The van der Waals surface area contributed by atoms with Gasteiger partial charge in [0.1, 0.15) is 6.07 Å². The minimum Gasteiger partial charge on any atom is -0.371 e. The molecule has 0 saturated carbocycles. The van der Waals surface area contributed by atoms with Gasteiger partial charge >= 0.3 is 0 Å². The average Bonchev–Trinajstić information content (AvgIpc) is 3.02. The van der Waals surface area contributed by atoms with E-state index < -0.39 is 10.0 Å². The Labute approximate surface area is 145 Å². The van der Waals surface area contributed by atoms with E-state index in [0.29, 0.717) is 0 Å².